The van der Waals surface area contributed by atoms with E-state index in [4.69, 9.17) is 23.2 Å². The van der Waals surface area contributed by atoms with E-state index in [0.29, 0.717) is 5.92 Å². The largest absolute Gasteiger partial charge is 0.125 e. The van der Waals surface area contributed by atoms with E-state index in [1.165, 1.54) is 11.1 Å². The first-order chi connectivity index (χ1) is 5.61. The van der Waals surface area contributed by atoms with Crippen molar-refractivity contribution >= 4 is 23.2 Å². The molecule has 1 saturated carbocycles. The van der Waals surface area contributed by atoms with Crippen LogP contribution < -0.4 is 0 Å². The molecule has 64 valence electrons. The van der Waals surface area contributed by atoms with Crippen molar-refractivity contribution in [2.45, 2.75) is 23.6 Å². The number of hydrogen-bond acceptors (Lipinski definition) is 0. The highest BCUT2D eigenvalue weighted by Crippen LogP contribution is 2.59. The Morgan fingerprint density at radius 3 is 2.42 bits per heavy atom. The van der Waals surface area contributed by atoms with Crippen LogP contribution in [0.2, 0.25) is 0 Å². The standard InChI is InChI=1S/C10H10Cl2/c1-7-4-2-3-5-8(7)9-6-10(9,11)12/h2-5,9H,6H2,1H3/t9-/m0/s1. The molecule has 0 bridgehead atoms. The molecule has 1 aromatic carbocycles. The lowest BCUT2D eigenvalue weighted by molar-refractivity contribution is 1.08. The minimum atomic E-state index is -0.494. The van der Waals surface area contributed by atoms with Crippen molar-refractivity contribution in [2.75, 3.05) is 0 Å². The van der Waals surface area contributed by atoms with Crippen LogP contribution in [0.4, 0.5) is 0 Å². The Balaban J connectivity index is 2.31. The van der Waals surface area contributed by atoms with Crippen molar-refractivity contribution in [3.05, 3.63) is 35.4 Å². The fourth-order valence-electron chi connectivity index (χ4n) is 1.53. The zero-order valence-electron chi connectivity index (χ0n) is 6.85. The Bertz CT molecular complexity index is 304. The van der Waals surface area contributed by atoms with E-state index in [2.05, 4.69) is 19.1 Å². The molecule has 1 aliphatic rings. The molecule has 0 spiro atoms. The van der Waals surface area contributed by atoms with Crippen molar-refractivity contribution in [2.24, 2.45) is 0 Å². The first-order valence-corrected chi connectivity index (χ1v) is 4.80. The fourth-order valence-corrected chi connectivity index (χ4v) is 2.07. The molecule has 0 heterocycles. The van der Waals surface area contributed by atoms with E-state index in [0.717, 1.165) is 6.42 Å². The first-order valence-electron chi connectivity index (χ1n) is 4.04. The molecule has 1 aliphatic carbocycles. The summed E-state index contributed by atoms with van der Waals surface area (Å²) >= 11 is 12.0. The molecule has 1 fully saturated rings. The molecule has 0 saturated heterocycles. The highest BCUT2D eigenvalue weighted by molar-refractivity contribution is 6.51. The minimum absolute atomic E-state index is 0.349. The predicted octanol–water partition coefficient (Wildman–Crippen LogP) is 3.66. The van der Waals surface area contributed by atoms with Gasteiger partial charge >= 0.3 is 0 Å². The number of aryl methyl sites for hydroxylation is 1. The van der Waals surface area contributed by atoms with Crippen LogP contribution in [0.1, 0.15) is 23.5 Å². The summed E-state index contributed by atoms with van der Waals surface area (Å²) in [5, 5.41) is 0. The quantitative estimate of drug-likeness (QED) is 0.608. The topological polar surface area (TPSA) is 0 Å². The average molecular weight is 201 g/mol. The van der Waals surface area contributed by atoms with Crippen LogP contribution in [0.15, 0.2) is 24.3 Å². The van der Waals surface area contributed by atoms with Gasteiger partial charge in [0.1, 0.15) is 4.33 Å². The summed E-state index contributed by atoms with van der Waals surface area (Å²) in [6.07, 6.45) is 0.890. The van der Waals surface area contributed by atoms with Crippen molar-refractivity contribution in [3.63, 3.8) is 0 Å². The van der Waals surface area contributed by atoms with Crippen LogP contribution in [0.5, 0.6) is 0 Å². The van der Waals surface area contributed by atoms with Gasteiger partial charge in [-0.1, -0.05) is 24.3 Å². The third kappa shape index (κ3) is 1.34. The van der Waals surface area contributed by atoms with Crippen LogP contribution >= 0.6 is 23.2 Å². The molecule has 0 aliphatic heterocycles. The minimum Gasteiger partial charge on any atom is -0.101 e. The van der Waals surface area contributed by atoms with Crippen LogP contribution in [0.25, 0.3) is 0 Å². The second-order valence-electron chi connectivity index (χ2n) is 3.37. The van der Waals surface area contributed by atoms with E-state index in [1.54, 1.807) is 0 Å². The number of hydrogen-bond donors (Lipinski definition) is 0. The molecule has 2 rings (SSSR count). The van der Waals surface area contributed by atoms with Gasteiger partial charge in [-0.05, 0) is 24.5 Å². The normalized spacial score (nSPS) is 25.4. The second-order valence-corrected chi connectivity index (χ2v) is 4.92. The number of alkyl halides is 2. The fraction of sp³-hybridized carbons (Fsp3) is 0.400. The Labute approximate surface area is 82.5 Å². The summed E-state index contributed by atoms with van der Waals surface area (Å²) in [6.45, 7) is 2.09. The van der Waals surface area contributed by atoms with E-state index >= 15 is 0 Å². The van der Waals surface area contributed by atoms with E-state index in [1.807, 2.05) is 12.1 Å². The lowest BCUT2D eigenvalue weighted by atomic mass is 10.1. The van der Waals surface area contributed by atoms with E-state index < -0.39 is 4.33 Å². The van der Waals surface area contributed by atoms with Gasteiger partial charge in [-0.2, -0.15) is 0 Å². The summed E-state index contributed by atoms with van der Waals surface area (Å²) in [4.78, 5) is 0. The van der Waals surface area contributed by atoms with Gasteiger partial charge in [0.2, 0.25) is 0 Å². The smallest absolute Gasteiger partial charge is 0.101 e. The van der Waals surface area contributed by atoms with E-state index in [9.17, 15) is 0 Å². The molecular weight excluding hydrogens is 191 g/mol. The number of halogens is 2. The van der Waals surface area contributed by atoms with Gasteiger partial charge < -0.3 is 0 Å². The summed E-state index contributed by atoms with van der Waals surface area (Å²) in [5.41, 5.74) is 2.58. The SMILES string of the molecule is Cc1ccccc1[C@@H]1CC1(Cl)Cl. The predicted molar refractivity (Wildman–Crippen MR) is 53.0 cm³/mol. The Hall–Kier alpha value is -0.200. The van der Waals surface area contributed by atoms with Crippen LogP contribution in [0.3, 0.4) is 0 Å². The molecule has 0 nitrogen and oxygen atoms in total. The third-order valence-corrected chi connectivity index (χ3v) is 3.23. The lowest BCUT2D eigenvalue weighted by Gasteiger charge is -2.03. The van der Waals surface area contributed by atoms with Crippen molar-refractivity contribution < 1.29 is 0 Å². The molecule has 2 heteroatoms. The molecular formula is C10H10Cl2. The zero-order chi connectivity index (χ0) is 8.77. The van der Waals surface area contributed by atoms with Gasteiger partial charge in [0.25, 0.3) is 0 Å². The van der Waals surface area contributed by atoms with Crippen molar-refractivity contribution in [3.8, 4) is 0 Å². The van der Waals surface area contributed by atoms with Crippen LogP contribution in [0, 0.1) is 6.92 Å². The molecule has 0 unspecified atom stereocenters. The molecule has 12 heavy (non-hydrogen) atoms. The maximum absolute atomic E-state index is 5.98. The number of rotatable bonds is 1. The van der Waals surface area contributed by atoms with Gasteiger partial charge in [0, 0.05) is 5.92 Å². The molecule has 0 amide bonds. The summed E-state index contributed by atoms with van der Waals surface area (Å²) in [7, 11) is 0. The number of benzene rings is 1. The first kappa shape index (κ1) is 8.40. The maximum Gasteiger partial charge on any atom is 0.125 e. The Morgan fingerprint density at radius 1 is 1.33 bits per heavy atom. The molecule has 0 N–H and O–H groups in total. The summed E-state index contributed by atoms with van der Waals surface area (Å²) < 4.78 is -0.494. The van der Waals surface area contributed by atoms with Crippen LogP contribution in [-0.4, -0.2) is 4.33 Å². The maximum atomic E-state index is 5.98. The zero-order valence-corrected chi connectivity index (χ0v) is 8.36. The van der Waals surface area contributed by atoms with Gasteiger partial charge in [0.15, 0.2) is 0 Å². The molecule has 0 radical (unpaired) electrons. The highest BCUT2D eigenvalue weighted by Gasteiger charge is 2.52. The monoisotopic (exact) mass is 200 g/mol. The Kier molecular flexibility index (Phi) is 1.85. The van der Waals surface area contributed by atoms with Gasteiger partial charge in [-0.25, -0.2) is 0 Å². The van der Waals surface area contributed by atoms with E-state index in [-0.39, 0.29) is 0 Å². The van der Waals surface area contributed by atoms with Gasteiger partial charge in [-0.3, -0.25) is 0 Å². The Morgan fingerprint density at radius 2 is 1.92 bits per heavy atom. The highest BCUT2D eigenvalue weighted by atomic mass is 35.5. The molecule has 1 atom stereocenters. The summed E-state index contributed by atoms with van der Waals surface area (Å²) in [6, 6.07) is 8.26. The van der Waals surface area contributed by atoms with Crippen LogP contribution in [-0.2, 0) is 0 Å². The van der Waals surface area contributed by atoms with Gasteiger partial charge in [0.05, 0.1) is 0 Å². The lowest BCUT2D eigenvalue weighted by Crippen LogP contribution is -1.92. The third-order valence-electron chi connectivity index (χ3n) is 2.39. The molecule has 0 aromatic heterocycles. The molecule has 1 aromatic rings. The van der Waals surface area contributed by atoms with Crippen molar-refractivity contribution in [1.29, 1.82) is 0 Å². The van der Waals surface area contributed by atoms with Gasteiger partial charge in [-0.15, -0.1) is 23.2 Å². The summed E-state index contributed by atoms with van der Waals surface area (Å²) in [5.74, 6) is 0.349. The average Bonchev–Trinajstić information content (AvgIpc) is 2.61. The van der Waals surface area contributed by atoms with Crippen molar-refractivity contribution in [1.82, 2.24) is 0 Å². The second kappa shape index (κ2) is 2.65.